The average molecular weight is 284 g/mol. The Kier molecular flexibility index (Phi) is 4.82. The van der Waals surface area contributed by atoms with Crippen LogP contribution in [0, 0.1) is 6.92 Å². The molecular formula is C17H20N2O2. The second-order valence-electron chi connectivity index (χ2n) is 4.88. The summed E-state index contributed by atoms with van der Waals surface area (Å²) in [6, 6.07) is 13.2. The van der Waals surface area contributed by atoms with Crippen molar-refractivity contribution in [3.63, 3.8) is 0 Å². The van der Waals surface area contributed by atoms with Crippen LogP contribution in [0.2, 0.25) is 0 Å². The van der Waals surface area contributed by atoms with Crippen LogP contribution in [0.4, 0.5) is 11.4 Å². The van der Waals surface area contributed by atoms with Crippen LogP contribution in [0.25, 0.3) is 0 Å². The minimum Gasteiger partial charge on any atom is -0.484 e. The first-order chi connectivity index (χ1) is 10.1. The third-order valence-electron chi connectivity index (χ3n) is 3.25. The number of hydrogen-bond acceptors (Lipinski definition) is 3. The lowest BCUT2D eigenvalue weighted by Gasteiger charge is -2.12. The molecule has 0 radical (unpaired) electrons. The van der Waals surface area contributed by atoms with Crippen LogP contribution in [-0.2, 0) is 11.2 Å². The summed E-state index contributed by atoms with van der Waals surface area (Å²) in [5, 5.41) is 2.79. The molecule has 2 aromatic carbocycles. The predicted octanol–water partition coefficient (Wildman–Crippen LogP) is 3.16. The van der Waals surface area contributed by atoms with Gasteiger partial charge in [0.15, 0.2) is 6.61 Å². The fourth-order valence-electron chi connectivity index (χ4n) is 2.04. The maximum atomic E-state index is 12.0. The molecule has 110 valence electrons. The Balaban J connectivity index is 1.96. The van der Waals surface area contributed by atoms with Crippen molar-refractivity contribution in [1.29, 1.82) is 0 Å². The first kappa shape index (κ1) is 14.9. The molecule has 0 aliphatic heterocycles. The standard InChI is InChI=1S/C17H20N2O2/c1-3-13-7-5-8-14(10-13)21-11-16(20)19-17-12(2)6-4-9-15(17)18/h4-10H,3,11,18H2,1-2H3,(H,19,20). The van der Waals surface area contributed by atoms with E-state index in [4.69, 9.17) is 10.5 Å². The number of hydrogen-bond donors (Lipinski definition) is 2. The smallest absolute Gasteiger partial charge is 0.262 e. The SMILES string of the molecule is CCc1cccc(OCC(=O)Nc2c(C)cccc2N)c1. The van der Waals surface area contributed by atoms with Gasteiger partial charge < -0.3 is 15.8 Å². The summed E-state index contributed by atoms with van der Waals surface area (Å²) >= 11 is 0. The van der Waals surface area contributed by atoms with E-state index in [1.807, 2.05) is 43.3 Å². The minimum absolute atomic E-state index is 0.0407. The summed E-state index contributed by atoms with van der Waals surface area (Å²) in [5.74, 6) is 0.472. The zero-order valence-electron chi connectivity index (χ0n) is 12.3. The second kappa shape index (κ2) is 6.79. The van der Waals surface area contributed by atoms with Crippen molar-refractivity contribution >= 4 is 17.3 Å². The highest BCUT2D eigenvalue weighted by molar-refractivity contribution is 5.95. The number of nitrogens with two attached hydrogens (primary N) is 1. The van der Waals surface area contributed by atoms with Crippen molar-refractivity contribution in [3.8, 4) is 5.75 Å². The molecule has 0 saturated carbocycles. The number of carbonyl (C=O) groups is 1. The summed E-state index contributed by atoms with van der Waals surface area (Å²) in [4.78, 5) is 12.0. The first-order valence-corrected chi connectivity index (χ1v) is 6.97. The van der Waals surface area contributed by atoms with Crippen molar-refractivity contribution < 1.29 is 9.53 Å². The van der Waals surface area contributed by atoms with Crippen molar-refractivity contribution in [2.45, 2.75) is 20.3 Å². The van der Waals surface area contributed by atoms with Crippen molar-refractivity contribution in [3.05, 3.63) is 53.6 Å². The Bertz CT molecular complexity index is 618. The van der Waals surface area contributed by atoms with Gasteiger partial charge in [-0.25, -0.2) is 0 Å². The molecule has 0 fully saturated rings. The van der Waals surface area contributed by atoms with E-state index in [1.54, 1.807) is 6.07 Å². The maximum Gasteiger partial charge on any atom is 0.262 e. The van der Waals surface area contributed by atoms with Crippen molar-refractivity contribution in [1.82, 2.24) is 0 Å². The Labute approximate surface area is 124 Å². The summed E-state index contributed by atoms with van der Waals surface area (Å²) in [5.41, 5.74) is 9.16. The van der Waals surface area contributed by atoms with E-state index in [9.17, 15) is 4.79 Å². The summed E-state index contributed by atoms with van der Waals surface area (Å²) < 4.78 is 5.51. The third kappa shape index (κ3) is 3.99. The fraction of sp³-hybridized carbons (Fsp3) is 0.235. The molecule has 2 rings (SSSR count). The number of nitrogen functional groups attached to an aromatic ring is 1. The van der Waals surface area contributed by atoms with Gasteiger partial charge >= 0.3 is 0 Å². The van der Waals surface area contributed by atoms with Crippen LogP contribution in [0.15, 0.2) is 42.5 Å². The number of para-hydroxylation sites is 1. The van der Waals surface area contributed by atoms with E-state index in [-0.39, 0.29) is 12.5 Å². The number of benzene rings is 2. The second-order valence-corrected chi connectivity index (χ2v) is 4.88. The Morgan fingerprint density at radius 2 is 2.00 bits per heavy atom. The lowest BCUT2D eigenvalue weighted by atomic mass is 10.1. The molecule has 0 bridgehead atoms. The maximum absolute atomic E-state index is 12.0. The molecule has 4 nitrogen and oxygen atoms in total. The normalized spacial score (nSPS) is 10.2. The van der Waals surface area contributed by atoms with Crippen molar-refractivity contribution in [2.24, 2.45) is 0 Å². The molecule has 0 spiro atoms. The third-order valence-corrected chi connectivity index (χ3v) is 3.25. The van der Waals surface area contributed by atoms with Crippen LogP contribution in [-0.4, -0.2) is 12.5 Å². The summed E-state index contributed by atoms with van der Waals surface area (Å²) in [7, 11) is 0. The number of aryl methyl sites for hydroxylation is 2. The van der Waals surface area contributed by atoms with E-state index in [1.165, 1.54) is 5.56 Å². The van der Waals surface area contributed by atoms with Crippen LogP contribution in [0.1, 0.15) is 18.1 Å². The monoisotopic (exact) mass is 284 g/mol. The zero-order valence-corrected chi connectivity index (χ0v) is 12.3. The van der Waals surface area contributed by atoms with Gasteiger partial charge in [-0.05, 0) is 42.7 Å². The van der Waals surface area contributed by atoms with E-state index in [0.29, 0.717) is 17.1 Å². The van der Waals surface area contributed by atoms with Crippen LogP contribution in [0.5, 0.6) is 5.75 Å². The highest BCUT2D eigenvalue weighted by Gasteiger charge is 2.08. The van der Waals surface area contributed by atoms with Gasteiger partial charge in [-0.2, -0.15) is 0 Å². The number of anilines is 2. The van der Waals surface area contributed by atoms with Gasteiger partial charge in [0.2, 0.25) is 0 Å². The molecule has 2 aromatic rings. The van der Waals surface area contributed by atoms with Gasteiger partial charge in [-0.1, -0.05) is 31.2 Å². The Morgan fingerprint density at radius 3 is 2.71 bits per heavy atom. The molecule has 0 heterocycles. The highest BCUT2D eigenvalue weighted by Crippen LogP contribution is 2.22. The predicted molar refractivity (Wildman–Crippen MR) is 85.5 cm³/mol. The number of ether oxygens (including phenoxy) is 1. The quantitative estimate of drug-likeness (QED) is 0.829. The molecule has 0 saturated heterocycles. The van der Waals surface area contributed by atoms with E-state index >= 15 is 0 Å². The van der Waals surface area contributed by atoms with Gasteiger partial charge in [-0.15, -0.1) is 0 Å². The van der Waals surface area contributed by atoms with Crippen LogP contribution < -0.4 is 15.8 Å². The number of carbonyl (C=O) groups excluding carboxylic acids is 1. The molecule has 1 amide bonds. The number of rotatable bonds is 5. The summed E-state index contributed by atoms with van der Waals surface area (Å²) in [6.07, 6.45) is 0.934. The number of amides is 1. The average Bonchev–Trinajstić information content (AvgIpc) is 2.49. The first-order valence-electron chi connectivity index (χ1n) is 6.97. The van der Waals surface area contributed by atoms with Crippen LogP contribution >= 0.6 is 0 Å². The van der Waals surface area contributed by atoms with E-state index in [2.05, 4.69) is 12.2 Å². The van der Waals surface area contributed by atoms with Crippen LogP contribution in [0.3, 0.4) is 0 Å². The molecule has 3 N–H and O–H groups in total. The van der Waals surface area contributed by atoms with Gasteiger partial charge in [-0.3, -0.25) is 4.79 Å². The van der Waals surface area contributed by atoms with E-state index < -0.39 is 0 Å². The fourth-order valence-corrected chi connectivity index (χ4v) is 2.04. The Morgan fingerprint density at radius 1 is 1.24 bits per heavy atom. The summed E-state index contributed by atoms with van der Waals surface area (Å²) in [6.45, 7) is 3.94. The lowest BCUT2D eigenvalue weighted by molar-refractivity contribution is -0.118. The largest absolute Gasteiger partial charge is 0.484 e. The van der Waals surface area contributed by atoms with Gasteiger partial charge in [0.25, 0.3) is 5.91 Å². The van der Waals surface area contributed by atoms with E-state index in [0.717, 1.165) is 12.0 Å². The lowest BCUT2D eigenvalue weighted by Crippen LogP contribution is -2.21. The van der Waals surface area contributed by atoms with Gasteiger partial charge in [0.05, 0.1) is 11.4 Å². The molecule has 0 unspecified atom stereocenters. The molecule has 0 aromatic heterocycles. The molecule has 0 atom stereocenters. The molecule has 0 aliphatic carbocycles. The van der Waals surface area contributed by atoms with Gasteiger partial charge in [0, 0.05) is 0 Å². The molecule has 4 heteroatoms. The Hall–Kier alpha value is -2.49. The zero-order chi connectivity index (χ0) is 15.2. The molecular weight excluding hydrogens is 264 g/mol. The van der Waals surface area contributed by atoms with Crippen molar-refractivity contribution in [2.75, 3.05) is 17.7 Å². The highest BCUT2D eigenvalue weighted by atomic mass is 16.5. The molecule has 21 heavy (non-hydrogen) atoms. The van der Waals surface area contributed by atoms with Gasteiger partial charge in [0.1, 0.15) is 5.75 Å². The molecule has 0 aliphatic rings. The minimum atomic E-state index is -0.224. The number of nitrogens with one attached hydrogen (secondary N) is 1. The topological polar surface area (TPSA) is 64.3 Å².